The molecular formula is C32H44N2O3. The van der Waals surface area contributed by atoms with Crippen LogP contribution in [-0.2, 0) is 14.4 Å². The minimum Gasteiger partial charge on any atom is -0.370 e. The summed E-state index contributed by atoms with van der Waals surface area (Å²) >= 11 is 0. The van der Waals surface area contributed by atoms with Gasteiger partial charge in [-0.25, -0.2) is 0 Å². The van der Waals surface area contributed by atoms with Gasteiger partial charge in [0.15, 0.2) is 11.6 Å². The van der Waals surface area contributed by atoms with Crippen molar-refractivity contribution in [3.8, 4) is 6.07 Å². The molecule has 5 aliphatic rings. The molecule has 0 saturated heterocycles. The Morgan fingerprint density at radius 1 is 1.05 bits per heavy atom. The molecule has 2 N–H and O–H groups in total. The lowest BCUT2D eigenvalue weighted by Gasteiger charge is -2.69. The molecule has 37 heavy (non-hydrogen) atoms. The molecule has 5 rings (SSSR count). The molecule has 0 aromatic rings. The van der Waals surface area contributed by atoms with Gasteiger partial charge in [0, 0.05) is 23.2 Å². The van der Waals surface area contributed by atoms with Crippen molar-refractivity contribution in [2.45, 2.75) is 93.4 Å². The lowest BCUT2D eigenvalue weighted by atomic mass is 9.33. The molecule has 0 bridgehead atoms. The molecule has 5 nitrogen and oxygen atoms in total. The first-order chi connectivity index (χ1) is 17.1. The number of amides is 1. The fourth-order valence-corrected chi connectivity index (χ4v) is 10.6. The SMILES string of the molecule is C[C@@H]1[C@H]2[C@H]3C(=O)C=C4[C@@]5(C)C=C(C#N)C(=O)C(C)(C)[C@@H]5CC[C@@]4(C)[C@]3(C)CC[C@@]2(CC(N)=O)CC[C@H]1C. The average Bonchev–Trinajstić information content (AvgIpc) is 2.81. The molecule has 1 amide bonds. The number of fused-ring (bicyclic) bond motifs is 7. The van der Waals surface area contributed by atoms with Crippen LogP contribution < -0.4 is 5.73 Å². The molecule has 9 atom stereocenters. The van der Waals surface area contributed by atoms with Crippen molar-refractivity contribution in [3.05, 3.63) is 23.3 Å². The van der Waals surface area contributed by atoms with Crippen LogP contribution in [0.1, 0.15) is 93.4 Å². The van der Waals surface area contributed by atoms with E-state index in [-0.39, 0.29) is 57.0 Å². The third-order valence-electron chi connectivity index (χ3n) is 12.9. The number of allylic oxidation sites excluding steroid dienone is 4. The number of carbonyl (C=O) groups excluding carboxylic acids is 3. The van der Waals surface area contributed by atoms with Gasteiger partial charge in [-0.05, 0) is 84.5 Å². The Hall–Kier alpha value is -2.22. The van der Waals surface area contributed by atoms with Crippen LogP contribution in [0.25, 0.3) is 0 Å². The molecule has 0 aromatic carbocycles. The van der Waals surface area contributed by atoms with E-state index in [1.165, 1.54) is 0 Å². The van der Waals surface area contributed by atoms with E-state index >= 15 is 0 Å². The Bertz CT molecular complexity index is 1190. The minimum absolute atomic E-state index is 0.0445. The van der Waals surface area contributed by atoms with Crippen LogP contribution in [-0.4, -0.2) is 17.5 Å². The zero-order valence-electron chi connectivity index (χ0n) is 23.7. The maximum atomic E-state index is 14.4. The van der Waals surface area contributed by atoms with E-state index in [2.05, 4.69) is 40.7 Å². The van der Waals surface area contributed by atoms with E-state index in [1.54, 1.807) is 0 Å². The van der Waals surface area contributed by atoms with Crippen LogP contribution in [0, 0.1) is 68.0 Å². The van der Waals surface area contributed by atoms with Crippen LogP contribution in [0.5, 0.6) is 0 Å². The number of hydrogen-bond donors (Lipinski definition) is 1. The van der Waals surface area contributed by atoms with Crippen molar-refractivity contribution in [1.29, 1.82) is 5.26 Å². The first kappa shape index (κ1) is 26.4. The lowest BCUT2D eigenvalue weighted by molar-refractivity contribution is -0.179. The zero-order chi connectivity index (χ0) is 27.3. The summed E-state index contributed by atoms with van der Waals surface area (Å²) in [5, 5.41) is 9.87. The highest BCUT2D eigenvalue weighted by Gasteiger charge is 2.70. The number of hydrogen-bond acceptors (Lipinski definition) is 4. The summed E-state index contributed by atoms with van der Waals surface area (Å²) in [6, 6.07) is 2.18. The predicted molar refractivity (Wildman–Crippen MR) is 143 cm³/mol. The summed E-state index contributed by atoms with van der Waals surface area (Å²) < 4.78 is 0. The molecule has 200 valence electrons. The molecule has 0 aromatic heterocycles. The molecule has 0 aliphatic heterocycles. The van der Waals surface area contributed by atoms with Crippen LogP contribution in [0.3, 0.4) is 0 Å². The number of nitrogens with zero attached hydrogens (tertiary/aromatic N) is 1. The van der Waals surface area contributed by atoms with Crippen LogP contribution in [0.2, 0.25) is 0 Å². The minimum atomic E-state index is -0.659. The second kappa shape index (κ2) is 7.90. The first-order valence-electron chi connectivity index (χ1n) is 14.3. The second-order valence-electron chi connectivity index (χ2n) is 14.7. The van der Waals surface area contributed by atoms with Gasteiger partial charge < -0.3 is 5.73 Å². The maximum absolute atomic E-state index is 14.4. The Balaban J connectivity index is 1.70. The molecule has 3 saturated carbocycles. The third kappa shape index (κ3) is 3.17. The van der Waals surface area contributed by atoms with Crippen molar-refractivity contribution < 1.29 is 14.4 Å². The van der Waals surface area contributed by atoms with Crippen LogP contribution >= 0.6 is 0 Å². The fraction of sp³-hybridized carbons (Fsp3) is 0.750. The van der Waals surface area contributed by atoms with E-state index in [9.17, 15) is 19.6 Å². The van der Waals surface area contributed by atoms with Gasteiger partial charge in [0.2, 0.25) is 5.91 Å². The molecule has 0 radical (unpaired) electrons. The van der Waals surface area contributed by atoms with Crippen molar-refractivity contribution >= 4 is 17.5 Å². The molecule has 3 fully saturated rings. The van der Waals surface area contributed by atoms with Crippen LogP contribution in [0.15, 0.2) is 23.3 Å². The first-order valence-corrected chi connectivity index (χ1v) is 14.3. The van der Waals surface area contributed by atoms with Crippen molar-refractivity contribution in [2.24, 2.45) is 62.4 Å². The highest BCUT2D eigenvalue weighted by molar-refractivity contribution is 6.04. The van der Waals surface area contributed by atoms with Crippen LogP contribution in [0.4, 0.5) is 0 Å². The quantitative estimate of drug-likeness (QED) is 0.503. The van der Waals surface area contributed by atoms with Crippen molar-refractivity contribution in [1.82, 2.24) is 0 Å². The zero-order valence-corrected chi connectivity index (χ0v) is 23.7. The van der Waals surface area contributed by atoms with Gasteiger partial charge in [0.05, 0.1) is 5.57 Å². The van der Waals surface area contributed by atoms with Crippen molar-refractivity contribution in [3.63, 3.8) is 0 Å². The predicted octanol–water partition coefficient (Wildman–Crippen LogP) is 5.94. The fourth-order valence-electron chi connectivity index (χ4n) is 10.6. The number of rotatable bonds is 2. The van der Waals surface area contributed by atoms with Gasteiger partial charge >= 0.3 is 0 Å². The summed E-state index contributed by atoms with van der Waals surface area (Å²) in [5.41, 5.74) is 5.31. The highest BCUT2D eigenvalue weighted by atomic mass is 16.1. The van der Waals surface area contributed by atoms with E-state index in [0.717, 1.165) is 44.1 Å². The summed E-state index contributed by atoms with van der Waals surface area (Å²) in [6.07, 6.45) is 9.86. The normalized spacial score (nSPS) is 48.3. The Morgan fingerprint density at radius 3 is 2.35 bits per heavy atom. The number of primary amides is 1. The topological polar surface area (TPSA) is 101 Å². The molecule has 5 aliphatic carbocycles. The van der Waals surface area contributed by atoms with E-state index < -0.39 is 10.8 Å². The highest BCUT2D eigenvalue weighted by Crippen LogP contribution is 2.74. The molecule has 0 unspecified atom stereocenters. The Labute approximate surface area is 222 Å². The molecule has 0 heterocycles. The smallest absolute Gasteiger partial charge is 0.217 e. The third-order valence-corrected chi connectivity index (χ3v) is 12.9. The van der Waals surface area contributed by atoms with Gasteiger partial charge in [-0.3, -0.25) is 14.4 Å². The van der Waals surface area contributed by atoms with E-state index in [0.29, 0.717) is 18.3 Å². The van der Waals surface area contributed by atoms with Gasteiger partial charge in [-0.2, -0.15) is 5.26 Å². The summed E-state index contributed by atoms with van der Waals surface area (Å²) in [5.74, 6) is 0.710. The molecular weight excluding hydrogens is 460 g/mol. The number of carbonyl (C=O) groups is 3. The van der Waals surface area contributed by atoms with Gasteiger partial charge in [-0.1, -0.05) is 60.1 Å². The molecule has 0 spiro atoms. The second-order valence-corrected chi connectivity index (χ2v) is 14.7. The lowest BCUT2D eigenvalue weighted by Crippen LogP contribution is -2.65. The molecule has 5 heteroatoms. The number of nitriles is 1. The largest absolute Gasteiger partial charge is 0.370 e. The van der Waals surface area contributed by atoms with E-state index in [4.69, 9.17) is 5.73 Å². The van der Waals surface area contributed by atoms with E-state index in [1.807, 2.05) is 26.0 Å². The van der Waals surface area contributed by atoms with Gasteiger partial charge in [0.25, 0.3) is 0 Å². The average molecular weight is 505 g/mol. The summed E-state index contributed by atoms with van der Waals surface area (Å²) in [6.45, 7) is 15.4. The monoisotopic (exact) mass is 504 g/mol. The van der Waals surface area contributed by atoms with Gasteiger partial charge in [-0.15, -0.1) is 0 Å². The van der Waals surface area contributed by atoms with Gasteiger partial charge in [0.1, 0.15) is 6.07 Å². The number of nitrogens with two attached hydrogens (primary N) is 1. The number of Topliss-reactive ketones (excluding diaryl/α,β-unsaturated/α-hetero) is 1. The summed E-state index contributed by atoms with van der Waals surface area (Å²) in [4.78, 5) is 39.9. The Morgan fingerprint density at radius 2 is 1.73 bits per heavy atom. The van der Waals surface area contributed by atoms with Crippen molar-refractivity contribution in [2.75, 3.05) is 0 Å². The Kier molecular flexibility index (Phi) is 5.64. The summed E-state index contributed by atoms with van der Waals surface area (Å²) in [7, 11) is 0. The number of ketones is 2. The standard InChI is InChI=1S/C32H44N2O3/c1-18-8-11-32(16-24(34)36)13-12-31(7)26(25(32)19(18)2)21(35)14-23-29(5)15-20(17-33)27(37)28(3,4)22(29)9-10-30(23,31)6/h14-15,18-19,22,25-26H,8-13,16H2,1-7H3,(H2,34,36)/t18-,19+,22+,25+,26-,29+,30-,31-,32-/m1/s1. The maximum Gasteiger partial charge on any atom is 0.217 e.